The lowest BCUT2D eigenvalue weighted by molar-refractivity contribution is 0.340. The first-order valence-corrected chi connectivity index (χ1v) is 12.9. The number of fused-ring (bicyclic) bond motifs is 1. The molecule has 0 spiro atoms. The average molecular weight is 522 g/mol. The average Bonchev–Trinajstić information content (AvgIpc) is 3.65. The molecule has 0 aliphatic heterocycles. The topological polar surface area (TPSA) is 83.5 Å². The summed E-state index contributed by atoms with van der Waals surface area (Å²) in [7, 11) is 1.60. The van der Waals surface area contributed by atoms with E-state index >= 15 is 0 Å². The van der Waals surface area contributed by atoms with E-state index < -0.39 is 0 Å². The van der Waals surface area contributed by atoms with E-state index in [1.807, 2.05) is 103 Å². The predicted octanol–water partition coefficient (Wildman–Crippen LogP) is 4.63. The van der Waals surface area contributed by atoms with Crippen LogP contribution >= 0.6 is 11.3 Å². The van der Waals surface area contributed by atoms with Gasteiger partial charge in [-0.1, -0.05) is 41.7 Å². The number of hydrogen-bond acceptors (Lipinski definition) is 7. The Hall–Kier alpha value is -4.76. The first-order chi connectivity index (χ1) is 18.6. The van der Waals surface area contributed by atoms with Crippen LogP contribution in [0.4, 0.5) is 0 Å². The van der Waals surface area contributed by atoms with Crippen molar-refractivity contribution in [3.8, 4) is 39.8 Å². The van der Waals surface area contributed by atoms with E-state index in [9.17, 15) is 4.79 Å². The molecular formula is C29H23N5O3S. The van der Waals surface area contributed by atoms with Gasteiger partial charge in [0, 0.05) is 17.3 Å². The first kappa shape index (κ1) is 23.6. The predicted molar refractivity (Wildman–Crippen MR) is 148 cm³/mol. The molecule has 9 heteroatoms. The highest BCUT2D eigenvalue weighted by molar-refractivity contribution is 7.15. The molecule has 0 fully saturated rings. The summed E-state index contributed by atoms with van der Waals surface area (Å²) < 4.78 is 14.7. The second kappa shape index (κ2) is 9.95. The molecule has 0 amide bonds. The Morgan fingerprint density at radius 1 is 0.947 bits per heavy atom. The van der Waals surface area contributed by atoms with Crippen molar-refractivity contribution < 1.29 is 9.47 Å². The van der Waals surface area contributed by atoms with E-state index in [-0.39, 0.29) is 5.56 Å². The van der Waals surface area contributed by atoms with Gasteiger partial charge in [0.05, 0.1) is 29.5 Å². The number of methoxy groups -OCH3 is 1. The monoisotopic (exact) mass is 521 g/mol. The highest BCUT2D eigenvalue weighted by Crippen LogP contribution is 2.28. The Balaban J connectivity index is 1.46. The van der Waals surface area contributed by atoms with Crippen molar-refractivity contribution >= 4 is 22.4 Å². The molecule has 0 aliphatic rings. The molecule has 8 nitrogen and oxygen atoms in total. The molecule has 6 aromatic rings. The van der Waals surface area contributed by atoms with E-state index in [0.29, 0.717) is 27.7 Å². The molecule has 0 atom stereocenters. The molecule has 0 saturated carbocycles. The fraction of sp³-hybridized carbons (Fsp3) is 0.103. The number of aromatic nitrogens is 5. The van der Waals surface area contributed by atoms with Gasteiger partial charge in [0.1, 0.15) is 17.2 Å². The fourth-order valence-electron chi connectivity index (χ4n) is 4.22. The van der Waals surface area contributed by atoms with Crippen LogP contribution in [0.15, 0.2) is 89.9 Å². The van der Waals surface area contributed by atoms with Crippen molar-refractivity contribution in [2.75, 3.05) is 13.7 Å². The summed E-state index contributed by atoms with van der Waals surface area (Å²) in [6, 6.07) is 25.1. The number of ether oxygens (including phenoxy) is 2. The molecule has 3 heterocycles. The van der Waals surface area contributed by atoms with E-state index in [0.717, 1.165) is 33.8 Å². The summed E-state index contributed by atoms with van der Waals surface area (Å²) in [4.78, 5) is 18.5. The van der Waals surface area contributed by atoms with Gasteiger partial charge < -0.3 is 9.47 Å². The molecule has 0 aliphatic carbocycles. The SMILES string of the molecule is CCOc1ccc(-c2nn(-c3ccccc3)cc2C=c2sc3nc(-c4ccccc4OC)nn3c2=O)cc1. The lowest BCUT2D eigenvalue weighted by Gasteiger charge is -2.04. The van der Waals surface area contributed by atoms with Crippen LogP contribution in [0.2, 0.25) is 0 Å². The van der Waals surface area contributed by atoms with E-state index in [4.69, 9.17) is 14.6 Å². The van der Waals surface area contributed by atoms with Gasteiger partial charge in [0.15, 0.2) is 5.82 Å². The summed E-state index contributed by atoms with van der Waals surface area (Å²) in [6.07, 6.45) is 3.78. The van der Waals surface area contributed by atoms with E-state index in [2.05, 4.69) is 10.1 Å². The third kappa shape index (κ3) is 4.33. The number of rotatable bonds is 7. The highest BCUT2D eigenvalue weighted by atomic mass is 32.1. The minimum absolute atomic E-state index is 0.233. The van der Waals surface area contributed by atoms with Crippen molar-refractivity contribution in [2.24, 2.45) is 0 Å². The van der Waals surface area contributed by atoms with Gasteiger partial charge in [-0.2, -0.15) is 14.6 Å². The number of hydrogen-bond donors (Lipinski definition) is 0. The van der Waals surface area contributed by atoms with Crippen molar-refractivity contribution in [3.63, 3.8) is 0 Å². The first-order valence-electron chi connectivity index (χ1n) is 12.1. The Labute approximate surface area is 222 Å². The summed E-state index contributed by atoms with van der Waals surface area (Å²) >= 11 is 1.29. The molecule has 0 saturated heterocycles. The number of thiazole rings is 1. The van der Waals surface area contributed by atoms with Gasteiger partial charge in [-0.25, -0.2) is 4.68 Å². The van der Waals surface area contributed by atoms with Crippen LogP contribution in [-0.2, 0) is 0 Å². The summed E-state index contributed by atoms with van der Waals surface area (Å²) in [5, 5.41) is 9.34. The van der Waals surface area contributed by atoms with Gasteiger partial charge in [-0.05, 0) is 61.5 Å². The highest BCUT2D eigenvalue weighted by Gasteiger charge is 2.16. The van der Waals surface area contributed by atoms with Gasteiger partial charge in [-0.15, -0.1) is 5.10 Å². The van der Waals surface area contributed by atoms with Crippen LogP contribution in [-0.4, -0.2) is 38.1 Å². The minimum atomic E-state index is -0.233. The minimum Gasteiger partial charge on any atom is -0.496 e. The Bertz CT molecular complexity index is 1840. The zero-order valence-corrected chi connectivity index (χ0v) is 21.6. The second-order valence-corrected chi connectivity index (χ2v) is 9.43. The summed E-state index contributed by atoms with van der Waals surface area (Å²) in [6.45, 7) is 2.55. The molecule has 0 bridgehead atoms. The largest absolute Gasteiger partial charge is 0.496 e. The van der Waals surface area contributed by atoms with Gasteiger partial charge in [-0.3, -0.25) is 4.79 Å². The maximum atomic E-state index is 13.3. The van der Waals surface area contributed by atoms with Gasteiger partial charge in [0.2, 0.25) is 4.96 Å². The van der Waals surface area contributed by atoms with Crippen molar-refractivity contribution in [1.29, 1.82) is 0 Å². The molecule has 0 N–H and O–H groups in total. The lowest BCUT2D eigenvalue weighted by Crippen LogP contribution is -2.23. The zero-order chi connectivity index (χ0) is 26.1. The van der Waals surface area contributed by atoms with E-state index in [1.165, 1.54) is 15.9 Å². The zero-order valence-electron chi connectivity index (χ0n) is 20.7. The van der Waals surface area contributed by atoms with Crippen molar-refractivity contribution in [3.05, 3.63) is 106 Å². The Morgan fingerprint density at radius 3 is 2.45 bits per heavy atom. The van der Waals surface area contributed by atoms with Crippen LogP contribution in [0, 0.1) is 0 Å². The Kier molecular flexibility index (Phi) is 6.19. The maximum Gasteiger partial charge on any atom is 0.291 e. The molecule has 38 heavy (non-hydrogen) atoms. The third-order valence-electron chi connectivity index (χ3n) is 6.02. The number of nitrogens with zero attached hydrogens (tertiary/aromatic N) is 5. The van der Waals surface area contributed by atoms with E-state index in [1.54, 1.807) is 7.11 Å². The van der Waals surface area contributed by atoms with Crippen LogP contribution < -0.4 is 19.6 Å². The molecule has 0 unspecified atom stereocenters. The van der Waals surface area contributed by atoms with Crippen LogP contribution in [0.25, 0.3) is 39.4 Å². The molecule has 3 aromatic carbocycles. The van der Waals surface area contributed by atoms with Gasteiger partial charge >= 0.3 is 0 Å². The smallest absolute Gasteiger partial charge is 0.291 e. The lowest BCUT2D eigenvalue weighted by atomic mass is 10.1. The molecule has 188 valence electrons. The second-order valence-electron chi connectivity index (χ2n) is 8.42. The standard InChI is InChI=1S/C29H23N5O3S/c1-3-37-22-15-13-19(14-16-22)26-20(18-33(31-26)21-9-5-4-6-10-21)17-25-28(35)34-29(38-25)30-27(32-34)23-11-7-8-12-24(23)36-2/h4-18H,3H2,1-2H3. The van der Waals surface area contributed by atoms with Crippen molar-refractivity contribution in [2.45, 2.75) is 6.92 Å². The molecule has 0 radical (unpaired) electrons. The third-order valence-corrected chi connectivity index (χ3v) is 6.98. The molecular weight excluding hydrogens is 498 g/mol. The fourth-order valence-corrected chi connectivity index (χ4v) is 5.12. The van der Waals surface area contributed by atoms with Crippen LogP contribution in [0.1, 0.15) is 12.5 Å². The molecule has 6 rings (SSSR count). The van der Waals surface area contributed by atoms with Crippen LogP contribution in [0.5, 0.6) is 11.5 Å². The molecule has 3 aromatic heterocycles. The van der Waals surface area contributed by atoms with Crippen LogP contribution in [0.3, 0.4) is 0 Å². The maximum absolute atomic E-state index is 13.3. The normalized spacial score (nSPS) is 11.8. The van der Waals surface area contributed by atoms with Gasteiger partial charge in [0.25, 0.3) is 5.56 Å². The number of para-hydroxylation sites is 2. The quantitative estimate of drug-likeness (QED) is 0.305. The summed E-state index contributed by atoms with van der Waals surface area (Å²) in [5.41, 5.74) is 3.90. The number of benzene rings is 3. The summed E-state index contributed by atoms with van der Waals surface area (Å²) in [5.74, 6) is 1.89. The Morgan fingerprint density at radius 2 is 1.71 bits per heavy atom. The van der Waals surface area contributed by atoms with Crippen molar-refractivity contribution in [1.82, 2.24) is 24.4 Å².